The van der Waals surface area contributed by atoms with Gasteiger partial charge in [0.15, 0.2) is 0 Å². The number of carbonyl (C=O) groups excluding carboxylic acids is 1. The van der Waals surface area contributed by atoms with E-state index in [2.05, 4.69) is 0 Å². The van der Waals surface area contributed by atoms with Crippen LogP contribution in [0.25, 0.3) is 0 Å². The first-order valence-electron chi connectivity index (χ1n) is 5.19. The number of aryl methyl sites for hydroxylation is 1. The first kappa shape index (κ1) is 14.2. The van der Waals surface area contributed by atoms with Crippen LogP contribution in [0, 0.1) is 0 Å². The van der Waals surface area contributed by atoms with Gasteiger partial charge in [-0.2, -0.15) is 13.2 Å². The molecule has 0 amide bonds. The van der Waals surface area contributed by atoms with Crippen LogP contribution in [0.1, 0.15) is 24.0 Å². The molecule has 0 saturated carbocycles. The summed E-state index contributed by atoms with van der Waals surface area (Å²) < 4.78 is 37.8. The molecular formula is C12H11F3O3. The summed E-state index contributed by atoms with van der Waals surface area (Å²) in [5, 5.41) is 8.36. The Morgan fingerprint density at radius 2 is 1.78 bits per heavy atom. The zero-order chi connectivity index (χ0) is 13.8. The third-order valence-electron chi connectivity index (χ3n) is 2.34. The summed E-state index contributed by atoms with van der Waals surface area (Å²) in [4.78, 5) is 21.4. The van der Waals surface area contributed by atoms with Gasteiger partial charge in [-0.05, 0) is 18.1 Å². The lowest BCUT2D eigenvalue weighted by molar-refractivity contribution is -0.141. The summed E-state index contributed by atoms with van der Waals surface area (Å²) in [6.45, 7) is 0. The van der Waals surface area contributed by atoms with E-state index in [4.69, 9.17) is 5.11 Å². The number of rotatable bonds is 5. The van der Waals surface area contributed by atoms with E-state index in [-0.39, 0.29) is 18.4 Å². The Balaban J connectivity index is 2.74. The molecule has 3 nitrogen and oxygen atoms in total. The van der Waals surface area contributed by atoms with Gasteiger partial charge in [-0.1, -0.05) is 18.2 Å². The normalized spacial score (nSPS) is 11.3. The molecule has 0 bridgehead atoms. The van der Waals surface area contributed by atoms with Gasteiger partial charge in [0.05, 0.1) is 5.56 Å². The Bertz CT molecular complexity index is 452. The highest BCUT2D eigenvalue weighted by atomic mass is 19.4. The van der Waals surface area contributed by atoms with Crippen molar-refractivity contribution >= 4 is 11.8 Å². The minimum atomic E-state index is -4.47. The molecule has 0 aliphatic heterocycles. The van der Waals surface area contributed by atoms with Crippen LogP contribution in [0.4, 0.5) is 13.2 Å². The number of carboxylic acids is 1. The SMILES string of the molecule is O=C(O)CC(=O)CCc1ccccc1C(F)(F)F. The molecule has 18 heavy (non-hydrogen) atoms. The van der Waals surface area contributed by atoms with E-state index in [0.29, 0.717) is 0 Å². The first-order valence-corrected chi connectivity index (χ1v) is 5.19. The topological polar surface area (TPSA) is 54.4 Å². The maximum atomic E-state index is 12.6. The molecular weight excluding hydrogens is 249 g/mol. The fraction of sp³-hybridized carbons (Fsp3) is 0.333. The number of hydrogen-bond donors (Lipinski definition) is 1. The van der Waals surface area contributed by atoms with E-state index in [0.717, 1.165) is 6.07 Å². The number of hydrogen-bond acceptors (Lipinski definition) is 2. The van der Waals surface area contributed by atoms with Crippen molar-refractivity contribution in [3.05, 3.63) is 35.4 Å². The van der Waals surface area contributed by atoms with Gasteiger partial charge in [0.2, 0.25) is 0 Å². The van der Waals surface area contributed by atoms with Crippen LogP contribution >= 0.6 is 0 Å². The van der Waals surface area contributed by atoms with E-state index < -0.39 is 29.9 Å². The maximum absolute atomic E-state index is 12.6. The van der Waals surface area contributed by atoms with Gasteiger partial charge in [0, 0.05) is 6.42 Å². The van der Waals surface area contributed by atoms with Crippen molar-refractivity contribution in [1.82, 2.24) is 0 Å². The molecule has 1 aromatic carbocycles. The van der Waals surface area contributed by atoms with Gasteiger partial charge in [-0.3, -0.25) is 9.59 Å². The lowest BCUT2D eigenvalue weighted by Gasteiger charge is -2.11. The third kappa shape index (κ3) is 4.20. The molecule has 0 fully saturated rings. The second-order valence-corrected chi connectivity index (χ2v) is 3.76. The van der Waals surface area contributed by atoms with Crippen LogP contribution < -0.4 is 0 Å². The molecule has 0 heterocycles. The van der Waals surface area contributed by atoms with Crippen LogP contribution in [0.5, 0.6) is 0 Å². The monoisotopic (exact) mass is 260 g/mol. The van der Waals surface area contributed by atoms with E-state index in [9.17, 15) is 22.8 Å². The van der Waals surface area contributed by atoms with Crippen molar-refractivity contribution in [2.45, 2.75) is 25.4 Å². The molecule has 1 rings (SSSR count). The highest BCUT2D eigenvalue weighted by Gasteiger charge is 2.32. The number of aliphatic carboxylic acids is 1. The van der Waals surface area contributed by atoms with Crippen LogP contribution in [0.15, 0.2) is 24.3 Å². The van der Waals surface area contributed by atoms with Crippen LogP contribution in [-0.2, 0) is 22.2 Å². The second-order valence-electron chi connectivity index (χ2n) is 3.76. The molecule has 0 aliphatic carbocycles. The number of alkyl halides is 3. The molecule has 0 radical (unpaired) electrons. The molecule has 98 valence electrons. The number of carboxylic acid groups (broad SMARTS) is 1. The van der Waals surface area contributed by atoms with Crippen molar-refractivity contribution in [3.63, 3.8) is 0 Å². The predicted octanol–water partition coefficient (Wildman–Crippen LogP) is 2.68. The van der Waals surface area contributed by atoms with E-state index in [1.807, 2.05) is 0 Å². The average molecular weight is 260 g/mol. The van der Waals surface area contributed by atoms with Gasteiger partial charge in [-0.25, -0.2) is 0 Å². The molecule has 0 aromatic heterocycles. The Hall–Kier alpha value is -1.85. The standard InChI is InChI=1S/C12H11F3O3/c13-12(14,15)10-4-2-1-3-8(10)5-6-9(16)7-11(17)18/h1-4H,5-7H2,(H,17,18). The zero-order valence-electron chi connectivity index (χ0n) is 9.33. The van der Waals surface area contributed by atoms with Gasteiger partial charge in [-0.15, -0.1) is 0 Å². The lowest BCUT2D eigenvalue weighted by atomic mass is 10.0. The van der Waals surface area contributed by atoms with Crippen molar-refractivity contribution in [2.24, 2.45) is 0 Å². The summed E-state index contributed by atoms with van der Waals surface area (Å²) in [5.41, 5.74) is -0.781. The fourth-order valence-electron chi connectivity index (χ4n) is 1.55. The van der Waals surface area contributed by atoms with E-state index in [1.165, 1.54) is 18.2 Å². The summed E-state index contributed by atoms with van der Waals surface area (Å²) in [6.07, 6.45) is -5.44. The van der Waals surface area contributed by atoms with Gasteiger partial charge in [0.25, 0.3) is 0 Å². The van der Waals surface area contributed by atoms with Crippen LogP contribution in [0.2, 0.25) is 0 Å². The van der Waals surface area contributed by atoms with Gasteiger partial charge < -0.3 is 5.11 Å². The van der Waals surface area contributed by atoms with Gasteiger partial charge >= 0.3 is 12.1 Å². The molecule has 0 atom stereocenters. The Morgan fingerprint density at radius 3 is 2.33 bits per heavy atom. The predicted molar refractivity (Wildman–Crippen MR) is 57.0 cm³/mol. The first-order chi connectivity index (χ1) is 8.30. The lowest BCUT2D eigenvalue weighted by Crippen LogP contribution is -2.11. The largest absolute Gasteiger partial charge is 0.481 e. The molecule has 1 N–H and O–H groups in total. The van der Waals surface area contributed by atoms with E-state index in [1.54, 1.807) is 0 Å². The van der Waals surface area contributed by atoms with E-state index >= 15 is 0 Å². The minimum Gasteiger partial charge on any atom is -0.481 e. The number of Topliss-reactive ketones (excluding diaryl/α,β-unsaturated/α-hetero) is 1. The van der Waals surface area contributed by atoms with Crippen molar-refractivity contribution in [2.75, 3.05) is 0 Å². The highest BCUT2D eigenvalue weighted by Crippen LogP contribution is 2.32. The minimum absolute atomic E-state index is 0.00346. The van der Waals surface area contributed by atoms with Crippen LogP contribution in [0.3, 0.4) is 0 Å². The number of carbonyl (C=O) groups is 2. The average Bonchev–Trinajstić information content (AvgIpc) is 2.24. The summed E-state index contributed by atoms with van der Waals surface area (Å²) in [5.74, 6) is -1.86. The molecule has 6 heteroatoms. The smallest absolute Gasteiger partial charge is 0.416 e. The van der Waals surface area contributed by atoms with Crippen molar-refractivity contribution < 1.29 is 27.9 Å². The van der Waals surface area contributed by atoms with Crippen molar-refractivity contribution in [3.8, 4) is 0 Å². The fourth-order valence-corrected chi connectivity index (χ4v) is 1.55. The summed E-state index contributed by atoms with van der Waals surface area (Å²) in [6, 6.07) is 4.95. The molecule has 1 aromatic rings. The number of benzene rings is 1. The Morgan fingerprint density at radius 1 is 1.17 bits per heavy atom. The Labute approximate surface area is 101 Å². The highest BCUT2D eigenvalue weighted by molar-refractivity contribution is 5.94. The third-order valence-corrected chi connectivity index (χ3v) is 2.34. The zero-order valence-corrected chi connectivity index (χ0v) is 9.33. The molecule has 0 aliphatic rings. The quantitative estimate of drug-likeness (QED) is 0.828. The number of ketones is 1. The van der Waals surface area contributed by atoms with Gasteiger partial charge in [0.1, 0.15) is 12.2 Å². The summed E-state index contributed by atoms with van der Waals surface area (Å²) >= 11 is 0. The van der Waals surface area contributed by atoms with Crippen LogP contribution in [-0.4, -0.2) is 16.9 Å². The number of halogens is 3. The van der Waals surface area contributed by atoms with Crippen molar-refractivity contribution in [1.29, 1.82) is 0 Å². The Kier molecular flexibility index (Phi) is 4.47. The molecule has 0 unspecified atom stereocenters. The molecule has 0 spiro atoms. The molecule has 0 saturated heterocycles. The second kappa shape index (κ2) is 5.66. The summed E-state index contributed by atoms with van der Waals surface area (Å²) in [7, 11) is 0. The maximum Gasteiger partial charge on any atom is 0.416 e.